The van der Waals surface area contributed by atoms with Crippen LogP contribution in [-0.2, 0) is 11.0 Å². The first-order chi connectivity index (χ1) is 16.8. The maximum Gasteiger partial charge on any atom is 0.100 e. The van der Waals surface area contributed by atoms with Crippen LogP contribution in [0, 0.1) is 6.92 Å². The van der Waals surface area contributed by atoms with Gasteiger partial charge in [-0.05, 0) is 68.2 Å². The van der Waals surface area contributed by atoms with Gasteiger partial charge < -0.3 is 0 Å². The summed E-state index contributed by atoms with van der Waals surface area (Å²) in [5, 5.41) is 3.92. The second kappa shape index (κ2) is 11.0. The van der Waals surface area contributed by atoms with Crippen LogP contribution in [0.4, 0.5) is 0 Å². The van der Waals surface area contributed by atoms with Crippen LogP contribution < -0.4 is 15.9 Å². The third-order valence-electron chi connectivity index (χ3n) is 6.13. The summed E-state index contributed by atoms with van der Waals surface area (Å²) in [6.45, 7) is 8.28. The van der Waals surface area contributed by atoms with E-state index >= 15 is 0 Å². The molecule has 35 heavy (non-hydrogen) atoms. The van der Waals surface area contributed by atoms with Crippen molar-refractivity contribution in [2.24, 2.45) is 0 Å². The quantitative estimate of drug-likeness (QED) is 0.276. The molecule has 2 nitrogen and oxygen atoms in total. The molecule has 0 aliphatic rings. The summed E-state index contributed by atoms with van der Waals surface area (Å²) >= 11 is 0. The molecule has 180 valence electrons. The smallest absolute Gasteiger partial charge is 0.100 e. The molecule has 0 aromatic heterocycles. The molecule has 4 aromatic carbocycles. The van der Waals surface area contributed by atoms with Crippen molar-refractivity contribution in [1.29, 1.82) is 0 Å². The van der Waals surface area contributed by atoms with E-state index in [1.54, 1.807) is 0 Å². The van der Waals surface area contributed by atoms with Crippen LogP contribution in [0.2, 0.25) is 0 Å². The summed E-state index contributed by atoms with van der Waals surface area (Å²) in [4.78, 5) is 0. The van der Waals surface area contributed by atoms with E-state index < -0.39 is 18.9 Å². The molecule has 0 radical (unpaired) electrons. The summed E-state index contributed by atoms with van der Waals surface area (Å²) in [6, 6.07) is 38.6. The van der Waals surface area contributed by atoms with Crippen LogP contribution in [0.1, 0.15) is 43.5 Å². The summed E-state index contributed by atoms with van der Waals surface area (Å²) < 4.78 is 15.4. The van der Waals surface area contributed by atoms with Crippen molar-refractivity contribution in [2.45, 2.75) is 38.5 Å². The van der Waals surface area contributed by atoms with Gasteiger partial charge in [-0.15, -0.1) is 0 Å². The van der Waals surface area contributed by atoms with Crippen molar-refractivity contribution in [3.63, 3.8) is 0 Å². The van der Waals surface area contributed by atoms with E-state index in [-0.39, 0.29) is 10.8 Å². The third kappa shape index (κ3) is 5.64. The molecule has 4 heteroatoms. The van der Waals surface area contributed by atoms with E-state index in [2.05, 4.69) is 120 Å². The molecule has 4 rings (SSSR count). The normalized spacial score (nSPS) is 13.7. The maximum absolute atomic E-state index is 13.7. The summed E-state index contributed by atoms with van der Waals surface area (Å²) in [6.07, 6.45) is 0. The number of benzene rings is 4. The van der Waals surface area contributed by atoms with E-state index in [1.807, 2.05) is 27.8 Å². The Morgan fingerprint density at radius 2 is 1.14 bits per heavy atom. The minimum Gasteiger partial charge on any atom is -0.242 e. The Hall–Kier alpha value is -2.58. The van der Waals surface area contributed by atoms with Crippen molar-refractivity contribution in [3.8, 4) is 0 Å². The Morgan fingerprint density at radius 3 is 1.66 bits per heavy atom. The van der Waals surface area contributed by atoms with Crippen molar-refractivity contribution in [2.75, 3.05) is 7.05 Å². The highest BCUT2D eigenvalue weighted by molar-refractivity contribution is 7.84. The van der Waals surface area contributed by atoms with Gasteiger partial charge in [0.05, 0.1) is 10.8 Å². The number of aryl methyl sites for hydroxylation is 1. The molecule has 0 amide bonds. The van der Waals surface area contributed by atoms with Crippen LogP contribution in [-0.4, -0.2) is 20.3 Å². The second-order valence-electron chi connectivity index (χ2n) is 9.73. The van der Waals surface area contributed by atoms with Gasteiger partial charge in [-0.2, -0.15) is 0 Å². The number of rotatable bonds is 7. The van der Waals surface area contributed by atoms with Gasteiger partial charge >= 0.3 is 0 Å². The zero-order valence-electron chi connectivity index (χ0n) is 21.2. The average molecular weight is 500 g/mol. The lowest BCUT2D eigenvalue weighted by Gasteiger charge is -2.35. The van der Waals surface area contributed by atoms with Gasteiger partial charge in [0.1, 0.15) is 11.0 Å². The van der Waals surface area contributed by atoms with Crippen LogP contribution in [0.5, 0.6) is 0 Å². The standard InChI is InChI=1S/C31H34NOPS/c1-24-16-12-13-21-27(24)30(32(5)35(33)31(2,3)4)28-22-14-15-23-29(28)34(25-17-8-6-9-18-25)26-19-10-7-11-20-26/h6-23,30H,1-5H3. The summed E-state index contributed by atoms with van der Waals surface area (Å²) in [7, 11) is 0.0142. The molecule has 0 aliphatic carbocycles. The molecule has 0 saturated carbocycles. The van der Waals surface area contributed by atoms with E-state index in [4.69, 9.17) is 0 Å². The van der Waals surface area contributed by atoms with Crippen molar-refractivity contribution in [3.05, 3.63) is 126 Å². The van der Waals surface area contributed by atoms with E-state index in [0.29, 0.717) is 0 Å². The van der Waals surface area contributed by atoms with Gasteiger partial charge in [-0.25, -0.2) is 8.51 Å². The zero-order valence-corrected chi connectivity index (χ0v) is 22.9. The van der Waals surface area contributed by atoms with Crippen molar-refractivity contribution >= 4 is 34.8 Å². The maximum atomic E-state index is 13.7. The Kier molecular flexibility index (Phi) is 8.02. The molecular weight excluding hydrogens is 465 g/mol. The second-order valence-corrected chi connectivity index (χ2v) is 14.2. The van der Waals surface area contributed by atoms with Crippen molar-refractivity contribution in [1.82, 2.24) is 4.31 Å². The Bertz CT molecular complexity index is 1240. The highest BCUT2D eigenvalue weighted by atomic mass is 32.2. The first-order valence-corrected chi connectivity index (χ1v) is 14.4. The molecule has 0 N–H and O–H groups in total. The van der Waals surface area contributed by atoms with Crippen LogP contribution in [0.25, 0.3) is 0 Å². The Labute approximate surface area is 214 Å². The van der Waals surface area contributed by atoms with Gasteiger partial charge in [-0.1, -0.05) is 109 Å². The molecule has 0 fully saturated rings. The molecule has 2 unspecified atom stereocenters. The predicted octanol–water partition coefficient (Wildman–Crippen LogP) is 6.24. The Balaban J connectivity index is 1.97. The highest BCUT2D eigenvalue weighted by Gasteiger charge is 2.33. The molecule has 4 aromatic rings. The topological polar surface area (TPSA) is 20.3 Å². The lowest BCUT2D eigenvalue weighted by molar-refractivity contribution is 0.440. The molecule has 0 heterocycles. The van der Waals surface area contributed by atoms with Gasteiger partial charge in [0.25, 0.3) is 0 Å². The monoisotopic (exact) mass is 499 g/mol. The summed E-state index contributed by atoms with van der Waals surface area (Å²) in [5.74, 6) is 0. The molecule has 0 saturated heterocycles. The predicted molar refractivity (Wildman–Crippen MR) is 154 cm³/mol. The molecule has 2 atom stereocenters. The van der Waals surface area contributed by atoms with Gasteiger partial charge in [-0.3, -0.25) is 0 Å². The Morgan fingerprint density at radius 1 is 0.686 bits per heavy atom. The van der Waals surface area contributed by atoms with Gasteiger partial charge in [0.2, 0.25) is 0 Å². The average Bonchev–Trinajstić information content (AvgIpc) is 2.86. The van der Waals surface area contributed by atoms with E-state index in [1.165, 1.54) is 32.6 Å². The van der Waals surface area contributed by atoms with Crippen LogP contribution >= 0.6 is 7.92 Å². The van der Waals surface area contributed by atoms with Gasteiger partial charge in [0.15, 0.2) is 0 Å². The number of nitrogens with zero attached hydrogens (tertiary/aromatic N) is 1. The lowest BCUT2D eigenvalue weighted by Crippen LogP contribution is -2.39. The molecule has 0 aliphatic heterocycles. The molecular formula is C31H34NOPS. The zero-order chi connectivity index (χ0) is 25.0. The fourth-order valence-electron chi connectivity index (χ4n) is 4.48. The first kappa shape index (κ1) is 25.5. The minimum atomic E-state index is -1.19. The molecule has 0 bridgehead atoms. The van der Waals surface area contributed by atoms with Crippen LogP contribution in [0.15, 0.2) is 109 Å². The summed E-state index contributed by atoms with van der Waals surface area (Å²) in [5.41, 5.74) is 3.60. The molecule has 0 spiro atoms. The van der Waals surface area contributed by atoms with E-state index in [9.17, 15) is 4.21 Å². The SMILES string of the molecule is Cc1ccccc1C(c1ccccc1P(c1ccccc1)c1ccccc1)N(C)S(=O)C(C)(C)C. The van der Waals surface area contributed by atoms with Crippen LogP contribution in [0.3, 0.4) is 0 Å². The number of hydrogen-bond donors (Lipinski definition) is 0. The number of hydrogen-bond acceptors (Lipinski definition) is 1. The largest absolute Gasteiger partial charge is 0.242 e. The fraction of sp³-hybridized carbons (Fsp3) is 0.226. The van der Waals surface area contributed by atoms with E-state index in [0.717, 1.165) is 0 Å². The fourth-order valence-corrected chi connectivity index (χ4v) is 8.25. The minimum absolute atomic E-state index is 0.134. The highest BCUT2D eigenvalue weighted by Crippen LogP contribution is 2.40. The van der Waals surface area contributed by atoms with Crippen molar-refractivity contribution < 1.29 is 4.21 Å². The third-order valence-corrected chi connectivity index (χ3v) is 10.4. The lowest BCUT2D eigenvalue weighted by atomic mass is 9.95. The van der Waals surface area contributed by atoms with Gasteiger partial charge in [0, 0.05) is 7.05 Å². The first-order valence-electron chi connectivity index (χ1n) is 12.0.